The first-order valence-electron chi connectivity index (χ1n) is 12.8. The van der Waals surface area contributed by atoms with Crippen molar-refractivity contribution in [2.75, 3.05) is 0 Å². The number of nitro groups is 1. The standard InChI is InChI=1S/C32H24I2N4O4/c1-21-10-15-30(24-7-3-2-4-8-24)37(21)26-13-11-25(12-14-26)32(39)36-35-19-23-17-28(33)31(29(34)18-23)42-20-22-6-5-9-27(16-22)38(40)41/h2-19H,20H2,1H3,(H,36,39)/b35-19+. The molecule has 4 aromatic carbocycles. The molecule has 5 rings (SSSR count). The second kappa shape index (κ2) is 13.3. The average molecular weight is 782 g/mol. The molecule has 5 aromatic rings. The van der Waals surface area contributed by atoms with E-state index in [1.807, 2.05) is 42.5 Å². The van der Waals surface area contributed by atoms with Crippen LogP contribution in [0.3, 0.4) is 0 Å². The van der Waals surface area contributed by atoms with Crippen molar-refractivity contribution in [3.8, 4) is 22.7 Å². The lowest BCUT2D eigenvalue weighted by molar-refractivity contribution is -0.384. The van der Waals surface area contributed by atoms with Crippen LogP contribution in [0.15, 0.2) is 108 Å². The summed E-state index contributed by atoms with van der Waals surface area (Å²) in [5.41, 5.74) is 8.88. The van der Waals surface area contributed by atoms with Crippen molar-refractivity contribution in [1.82, 2.24) is 9.99 Å². The van der Waals surface area contributed by atoms with E-state index < -0.39 is 4.92 Å². The number of hydrogen-bond donors (Lipinski definition) is 1. The average Bonchev–Trinajstić information content (AvgIpc) is 3.38. The molecule has 1 aromatic heterocycles. The summed E-state index contributed by atoms with van der Waals surface area (Å²) in [6.07, 6.45) is 1.58. The smallest absolute Gasteiger partial charge is 0.271 e. The van der Waals surface area contributed by atoms with Crippen LogP contribution in [-0.2, 0) is 6.61 Å². The first-order chi connectivity index (χ1) is 20.3. The minimum atomic E-state index is -0.425. The minimum Gasteiger partial charge on any atom is -0.487 e. The molecule has 0 unspecified atom stereocenters. The summed E-state index contributed by atoms with van der Waals surface area (Å²) in [6, 6.07) is 31.9. The largest absolute Gasteiger partial charge is 0.487 e. The van der Waals surface area contributed by atoms with Gasteiger partial charge in [0.15, 0.2) is 0 Å². The summed E-state index contributed by atoms with van der Waals surface area (Å²) in [5.74, 6) is 0.365. The van der Waals surface area contributed by atoms with Crippen molar-refractivity contribution < 1.29 is 14.5 Å². The van der Waals surface area contributed by atoms with Gasteiger partial charge in [-0.1, -0.05) is 42.5 Å². The van der Waals surface area contributed by atoms with Crippen LogP contribution in [0, 0.1) is 24.2 Å². The van der Waals surface area contributed by atoms with Crippen LogP contribution in [0.5, 0.6) is 5.75 Å². The van der Waals surface area contributed by atoms with E-state index in [9.17, 15) is 14.9 Å². The molecule has 0 aliphatic carbocycles. The number of hydrogen-bond acceptors (Lipinski definition) is 5. The normalized spacial score (nSPS) is 11.0. The second-order valence-corrected chi connectivity index (χ2v) is 11.7. The molecule has 1 N–H and O–H groups in total. The third kappa shape index (κ3) is 6.87. The zero-order chi connectivity index (χ0) is 29.6. The second-order valence-electron chi connectivity index (χ2n) is 9.34. The third-order valence-corrected chi connectivity index (χ3v) is 8.04. The van der Waals surface area contributed by atoms with Crippen molar-refractivity contribution in [3.63, 3.8) is 0 Å². The molecule has 1 heterocycles. The maximum atomic E-state index is 12.8. The SMILES string of the molecule is Cc1ccc(-c2ccccc2)n1-c1ccc(C(=O)N/N=C/c2cc(I)c(OCc3cccc([N+](=O)[O-])c3)c(I)c2)cc1. The Bertz CT molecular complexity index is 1760. The molecule has 0 saturated carbocycles. The molecule has 0 fully saturated rings. The molecule has 10 heteroatoms. The van der Waals surface area contributed by atoms with Crippen molar-refractivity contribution in [2.24, 2.45) is 5.10 Å². The van der Waals surface area contributed by atoms with Crippen molar-refractivity contribution in [2.45, 2.75) is 13.5 Å². The van der Waals surface area contributed by atoms with Gasteiger partial charge in [0.2, 0.25) is 0 Å². The molecule has 0 saturated heterocycles. The van der Waals surface area contributed by atoms with Gasteiger partial charge in [-0.3, -0.25) is 14.9 Å². The molecule has 0 aliphatic heterocycles. The van der Waals surface area contributed by atoms with Crippen molar-refractivity contribution >= 4 is 63.0 Å². The van der Waals surface area contributed by atoms with Gasteiger partial charge in [0.1, 0.15) is 12.4 Å². The van der Waals surface area contributed by atoms with Crippen molar-refractivity contribution in [1.29, 1.82) is 0 Å². The molecule has 8 nitrogen and oxygen atoms in total. The summed E-state index contributed by atoms with van der Waals surface area (Å²) < 4.78 is 9.83. The van der Waals surface area contributed by atoms with E-state index in [4.69, 9.17) is 4.74 Å². The fourth-order valence-corrected chi connectivity index (χ4v) is 6.54. The lowest BCUT2D eigenvalue weighted by atomic mass is 10.1. The van der Waals surface area contributed by atoms with Crippen LogP contribution in [0.1, 0.15) is 27.2 Å². The summed E-state index contributed by atoms with van der Waals surface area (Å²) >= 11 is 4.35. The molecule has 0 aliphatic rings. The van der Waals surface area contributed by atoms with Gasteiger partial charge < -0.3 is 9.30 Å². The number of amides is 1. The highest BCUT2D eigenvalue weighted by atomic mass is 127. The number of rotatable bonds is 9. The fourth-order valence-electron chi connectivity index (χ4n) is 4.41. The molecule has 1 amide bonds. The van der Waals surface area contributed by atoms with E-state index in [0.29, 0.717) is 16.9 Å². The number of non-ortho nitro benzene ring substituents is 1. The van der Waals surface area contributed by atoms with Gasteiger partial charge in [-0.15, -0.1) is 0 Å². The van der Waals surface area contributed by atoms with E-state index >= 15 is 0 Å². The number of nitro benzene ring substituents is 1. The van der Waals surface area contributed by atoms with Crippen LogP contribution in [0.25, 0.3) is 16.9 Å². The summed E-state index contributed by atoms with van der Waals surface area (Å²) in [7, 11) is 0. The number of benzene rings is 4. The number of halogens is 2. The first-order valence-corrected chi connectivity index (χ1v) is 15.0. The monoisotopic (exact) mass is 782 g/mol. The molecule has 0 spiro atoms. The minimum absolute atomic E-state index is 0.0261. The third-order valence-electron chi connectivity index (χ3n) is 6.44. The Labute approximate surface area is 269 Å². The predicted octanol–water partition coefficient (Wildman–Crippen LogP) is 7.91. The first kappa shape index (κ1) is 29.5. The quantitative estimate of drug-likeness (QED) is 0.0712. The Hall–Kier alpha value is -4.04. The Morgan fingerprint density at radius 2 is 1.67 bits per heavy atom. The zero-order valence-corrected chi connectivity index (χ0v) is 26.6. The molecule has 210 valence electrons. The van der Waals surface area contributed by atoms with Gasteiger partial charge in [-0.05, 0) is 117 Å². The van der Waals surface area contributed by atoms with Crippen LogP contribution < -0.4 is 10.2 Å². The Morgan fingerprint density at radius 1 is 0.952 bits per heavy atom. The number of carbonyl (C=O) groups is 1. The number of hydrazone groups is 1. The highest BCUT2D eigenvalue weighted by Gasteiger charge is 2.13. The zero-order valence-electron chi connectivity index (χ0n) is 22.3. The van der Waals surface area contributed by atoms with Crippen LogP contribution in [-0.4, -0.2) is 21.6 Å². The molecule has 0 atom stereocenters. The van der Waals surface area contributed by atoms with Crippen LogP contribution in [0.4, 0.5) is 5.69 Å². The maximum Gasteiger partial charge on any atom is 0.271 e. The van der Waals surface area contributed by atoms with Gasteiger partial charge in [0.25, 0.3) is 11.6 Å². The van der Waals surface area contributed by atoms with E-state index in [-0.39, 0.29) is 18.2 Å². The van der Waals surface area contributed by atoms with Crippen molar-refractivity contribution in [3.05, 3.63) is 143 Å². The Balaban J connectivity index is 1.22. The molecular weight excluding hydrogens is 758 g/mol. The lowest BCUT2D eigenvalue weighted by Crippen LogP contribution is -2.17. The molecule has 42 heavy (non-hydrogen) atoms. The van der Waals surface area contributed by atoms with E-state index in [1.54, 1.807) is 30.5 Å². The number of ether oxygens (including phenoxy) is 1. The molecule has 0 radical (unpaired) electrons. The predicted molar refractivity (Wildman–Crippen MR) is 180 cm³/mol. The van der Waals surface area contributed by atoms with E-state index in [2.05, 4.69) is 91.5 Å². The van der Waals surface area contributed by atoms with Crippen LogP contribution in [0.2, 0.25) is 0 Å². The van der Waals surface area contributed by atoms with Gasteiger partial charge >= 0.3 is 0 Å². The van der Waals surface area contributed by atoms with Gasteiger partial charge in [0.05, 0.1) is 24.0 Å². The number of aryl methyl sites for hydroxylation is 1. The van der Waals surface area contributed by atoms with Gasteiger partial charge in [-0.25, -0.2) is 5.43 Å². The van der Waals surface area contributed by atoms with Crippen LogP contribution >= 0.6 is 45.2 Å². The highest BCUT2D eigenvalue weighted by Crippen LogP contribution is 2.30. The fraction of sp³-hybridized carbons (Fsp3) is 0.0625. The summed E-state index contributed by atoms with van der Waals surface area (Å²) in [6.45, 7) is 2.26. The molecule has 0 bridgehead atoms. The molecular formula is C32H24I2N4O4. The lowest BCUT2D eigenvalue weighted by Gasteiger charge is -2.13. The Kier molecular flexibility index (Phi) is 9.32. The number of nitrogens with one attached hydrogen (secondary N) is 1. The topological polar surface area (TPSA) is 98.8 Å². The number of nitrogens with zero attached hydrogens (tertiary/aromatic N) is 3. The number of carbonyl (C=O) groups excluding carboxylic acids is 1. The summed E-state index contributed by atoms with van der Waals surface area (Å²) in [4.78, 5) is 23.4. The Morgan fingerprint density at radius 3 is 2.36 bits per heavy atom. The van der Waals surface area contributed by atoms with E-state index in [0.717, 1.165) is 35.3 Å². The van der Waals surface area contributed by atoms with E-state index in [1.165, 1.54) is 12.1 Å². The maximum absolute atomic E-state index is 12.8. The highest BCUT2D eigenvalue weighted by molar-refractivity contribution is 14.1. The number of aromatic nitrogens is 1. The summed E-state index contributed by atoms with van der Waals surface area (Å²) in [5, 5.41) is 15.2. The van der Waals surface area contributed by atoms with Gasteiger partial charge in [0, 0.05) is 29.1 Å². The van der Waals surface area contributed by atoms with Gasteiger partial charge in [-0.2, -0.15) is 5.10 Å².